The van der Waals surface area contributed by atoms with Gasteiger partial charge in [0.2, 0.25) is 0 Å². The number of aromatic nitrogens is 2. The number of nitrogens with zero attached hydrogens (tertiary/aromatic N) is 2. The molecule has 0 fully saturated rings. The average Bonchev–Trinajstić information content (AvgIpc) is 2.60. The standard InChI is InChI=1S/C20H21N3O/c1-16-13-19(22-12-10-17-7-3-2-4-8-17)14-20(24)23(16)15-18-9-5-6-11-21-18/h2-9,11,13-14,22H,10,12,15H2,1H3. The Labute approximate surface area is 141 Å². The molecule has 4 heteroatoms. The molecular weight excluding hydrogens is 298 g/mol. The quantitative estimate of drug-likeness (QED) is 0.758. The largest absolute Gasteiger partial charge is 0.385 e. The van der Waals surface area contributed by atoms with Gasteiger partial charge in [0, 0.05) is 30.2 Å². The van der Waals surface area contributed by atoms with E-state index in [4.69, 9.17) is 0 Å². The van der Waals surface area contributed by atoms with Gasteiger partial charge < -0.3 is 9.88 Å². The second-order valence-corrected chi connectivity index (χ2v) is 5.79. The Hall–Kier alpha value is -2.88. The Balaban J connectivity index is 1.67. The molecule has 4 nitrogen and oxygen atoms in total. The van der Waals surface area contributed by atoms with Gasteiger partial charge in [0.1, 0.15) is 0 Å². The maximum absolute atomic E-state index is 12.4. The van der Waals surface area contributed by atoms with Crippen molar-refractivity contribution in [3.05, 3.63) is 94.2 Å². The van der Waals surface area contributed by atoms with Crippen LogP contribution in [0.2, 0.25) is 0 Å². The molecule has 0 amide bonds. The summed E-state index contributed by atoms with van der Waals surface area (Å²) in [5, 5.41) is 3.34. The number of benzene rings is 1. The zero-order valence-electron chi connectivity index (χ0n) is 13.8. The Morgan fingerprint density at radius 2 is 1.83 bits per heavy atom. The van der Waals surface area contributed by atoms with Crippen molar-refractivity contribution in [1.82, 2.24) is 9.55 Å². The minimum Gasteiger partial charge on any atom is -0.385 e. The highest BCUT2D eigenvalue weighted by Crippen LogP contribution is 2.09. The molecular formula is C20H21N3O. The summed E-state index contributed by atoms with van der Waals surface area (Å²) in [7, 11) is 0. The van der Waals surface area contributed by atoms with Crippen molar-refractivity contribution in [3.63, 3.8) is 0 Å². The van der Waals surface area contributed by atoms with Gasteiger partial charge in [0.05, 0.1) is 12.2 Å². The highest BCUT2D eigenvalue weighted by atomic mass is 16.1. The molecule has 0 saturated carbocycles. The van der Waals surface area contributed by atoms with Gasteiger partial charge in [-0.25, -0.2) is 0 Å². The third-order valence-electron chi connectivity index (χ3n) is 3.97. The summed E-state index contributed by atoms with van der Waals surface area (Å²) < 4.78 is 1.74. The lowest BCUT2D eigenvalue weighted by atomic mass is 10.1. The van der Waals surface area contributed by atoms with Crippen LogP contribution in [0.1, 0.15) is 17.0 Å². The van der Waals surface area contributed by atoms with Gasteiger partial charge in [-0.15, -0.1) is 0 Å². The number of hydrogen-bond donors (Lipinski definition) is 1. The van der Waals surface area contributed by atoms with Gasteiger partial charge in [-0.1, -0.05) is 36.4 Å². The topological polar surface area (TPSA) is 46.9 Å². The summed E-state index contributed by atoms with van der Waals surface area (Å²) in [6.07, 6.45) is 2.67. The predicted octanol–water partition coefficient (Wildman–Crippen LogP) is 3.25. The van der Waals surface area contributed by atoms with Crippen LogP contribution < -0.4 is 10.9 Å². The van der Waals surface area contributed by atoms with E-state index in [1.807, 2.05) is 49.4 Å². The summed E-state index contributed by atoms with van der Waals surface area (Å²) >= 11 is 0. The smallest absolute Gasteiger partial charge is 0.253 e. The zero-order valence-corrected chi connectivity index (χ0v) is 13.8. The van der Waals surface area contributed by atoms with Crippen molar-refractivity contribution in [1.29, 1.82) is 0 Å². The maximum atomic E-state index is 12.4. The van der Waals surface area contributed by atoms with Crippen LogP contribution in [-0.2, 0) is 13.0 Å². The molecule has 1 N–H and O–H groups in total. The first-order valence-corrected chi connectivity index (χ1v) is 8.11. The Morgan fingerprint density at radius 1 is 1.04 bits per heavy atom. The highest BCUT2D eigenvalue weighted by molar-refractivity contribution is 5.43. The first-order chi connectivity index (χ1) is 11.7. The molecule has 122 valence electrons. The van der Waals surface area contributed by atoms with Gasteiger partial charge >= 0.3 is 0 Å². The minimum absolute atomic E-state index is 0.0112. The first-order valence-electron chi connectivity index (χ1n) is 8.11. The molecule has 0 unspecified atom stereocenters. The molecule has 2 heterocycles. The lowest BCUT2D eigenvalue weighted by Crippen LogP contribution is -2.23. The van der Waals surface area contributed by atoms with Gasteiger partial charge in [0.15, 0.2) is 0 Å². The van der Waals surface area contributed by atoms with Crippen molar-refractivity contribution >= 4 is 5.69 Å². The van der Waals surface area contributed by atoms with Crippen molar-refractivity contribution in [3.8, 4) is 0 Å². The third kappa shape index (κ3) is 4.10. The summed E-state index contributed by atoms with van der Waals surface area (Å²) in [6.45, 7) is 3.25. The predicted molar refractivity (Wildman–Crippen MR) is 97.4 cm³/mol. The van der Waals surface area contributed by atoms with Crippen LogP contribution in [0.5, 0.6) is 0 Å². The molecule has 0 spiro atoms. The monoisotopic (exact) mass is 319 g/mol. The van der Waals surface area contributed by atoms with E-state index in [2.05, 4.69) is 22.4 Å². The SMILES string of the molecule is Cc1cc(NCCc2ccccc2)cc(=O)n1Cc1ccccn1. The number of aryl methyl sites for hydroxylation is 1. The van der Waals surface area contributed by atoms with Gasteiger partial charge in [0.25, 0.3) is 5.56 Å². The molecule has 0 aliphatic carbocycles. The molecule has 2 aromatic heterocycles. The first kappa shape index (κ1) is 16.0. The van der Waals surface area contributed by atoms with Crippen molar-refractivity contribution in [2.24, 2.45) is 0 Å². The van der Waals surface area contributed by atoms with Crippen LogP contribution in [-0.4, -0.2) is 16.1 Å². The van der Waals surface area contributed by atoms with Crippen LogP contribution in [0.3, 0.4) is 0 Å². The number of rotatable bonds is 6. The molecule has 0 aliphatic heterocycles. The fourth-order valence-corrected chi connectivity index (χ4v) is 2.68. The Bertz CT molecular complexity index is 842. The van der Waals surface area contributed by atoms with Gasteiger partial charge in [-0.3, -0.25) is 9.78 Å². The van der Waals surface area contributed by atoms with Crippen LogP contribution in [0, 0.1) is 6.92 Å². The molecule has 0 bridgehead atoms. The summed E-state index contributed by atoms with van der Waals surface area (Å²) in [5.41, 5.74) is 3.95. The number of nitrogens with one attached hydrogen (secondary N) is 1. The fraction of sp³-hybridized carbons (Fsp3) is 0.200. The molecule has 0 atom stereocenters. The summed E-state index contributed by atoms with van der Waals surface area (Å²) in [4.78, 5) is 16.7. The summed E-state index contributed by atoms with van der Waals surface area (Å²) in [6, 6.07) is 19.7. The van der Waals surface area contributed by atoms with E-state index in [0.717, 1.165) is 30.0 Å². The number of hydrogen-bond acceptors (Lipinski definition) is 3. The number of pyridine rings is 2. The van der Waals surface area contributed by atoms with E-state index >= 15 is 0 Å². The second-order valence-electron chi connectivity index (χ2n) is 5.79. The molecule has 3 rings (SSSR count). The van der Waals surface area contributed by atoms with E-state index in [9.17, 15) is 4.79 Å². The van der Waals surface area contributed by atoms with E-state index < -0.39 is 0 Å². The number of anilines is 1. The maximum Gasteiger partial charge on any atom is 0.253 e. The van der Waals surface area contributed by atoms with Crippen LogP contribution in [0.25, 0.3) is 0 Å². The van der Waals surface area contributed by atoms with Gasteiger partial charge in [-0.2, -0.15) is 0 Å². The molecule has 3 aromatic rings. The minimum atomic E-state index is -0.0112. The highest BCUT2D eigenvalue weighted by Gasteiger charge is 2.05. The van der Waals surface area contributed by atoms with Crippen LogP contribution >= 0.6 is 0 Å². The molecule has 24 heavy (non-hydrogen) atoms. The van der Waals surface area contributed by atoms with E-state index in [1.165, 1.54) is 5.56 Å². The van der Waals surface area contributed by atoms with E-state index in [-0.39, 0.29) is 5.56 Å². The van der Waals surface area contributed by atoms with Crippen molar-refractivity contribution in [2.45, 2.75) is 19.9 Å². The Kier molecular flexibility index (Phi) is 5.06. The van der Waals surface area contributed by atoms with Gasteiger partial charge in [-0.05, 0) is 37.1 Å². The molecule has 0 radical (unpaired) electrons. The molecule has 0 aliphatic rings. The van der Waals surface area contributed by atoms with Crippen LogP contribution in [0.15, 0.2) is 71.7 Å². The zero-order chi connectivity index (χ0) is 16.8. The lowest BCUT2D eigenvalue weighted by molar-refractivity contribution is 0.713. The lowest BCUT2D eigenvalue weighted by Gasteiger charge is -2.12. The van der Waals surface area contributed by atoms with Crippen molar-refractivity contribution < 1.29 is 0 Å². The summed E-state index contributed by atoms with van der Waals surface area (Å²) in [5.74, 6) is 0. The average molecular weight is 319 g/mol. The van der Waals surface area contributed by atoms with E-state index in [1.54, 1.807) is 16.8 Å². The fourth-order valence-electron chi connectivity index (χ4n) is 2.68. The van der Waals surface area contributed by atoms with Crippen molar-refractivity contribution in [2.75, 3.05) is 11.9 Å². The second kappa shape index (κ2) is 7.59. The van der Waals surface area contributed by atoms with Crippen LogP contribution in [0.4, 0.5) is 5.69 Å². The molecule has 0 saturated heterocycles. The van der Waals surface area contributed by atoms with E-state index in [0.29, 0.717) is 6.54 Å². The third-order valence-corrected chi connectivity index (χ3v) is 3.97. The molecule has 1 aromatic carbocycles. The normalized spacial score (nSPS) is 10.5. The Morgan fingerprint density at radius 3 is 2.54 bits per heavy atom.